The van der Waals surface area contributed by atoms with Crippen molar-refractivity contribution in [2.45, 2.75) is 16.7 Å². The highest BCUT2D eigenvalue weighted by Crippen LogP contribution is 2.32. The molecule has 0 aliphatic rings. The molecule has 0 unspecified atom stereocenters. The number of esters is 1. The molecule has 0 aliphatic heterocycles. The standard InChI is InChI=1S/C19H14N6O4S2/c1-24-19(21-22-23-24)31-16-8-7-14(25(27)28)9-15(16)18(26)29-10-13-11-30-17(20-13)12-5-3-2-4-6-12/h2-9,11H,10H2,1H3. The Morgan fingerprint density at radius 2 is 2.06 bits per heavy atom. The summed E-state index contributed by atoms with van der Waals surface area (Å²) in [6.07, 6.45) is 0. The molecule has 2 aromatic heterocycles. The Balaban J connectivity index is 1.53. The summed E-state index contributed by atoms with van der Waals surface area (Å²) in [4.78, 5) is 28.3. The predicted molar refractivity (Wildman–Crippen MR) is 113 cm³/mol. The summed E-state index contributed by atoms with van der Waals surface area (Å²) >= 11 is 2.55. The number of nitrogens with zero attached hydrogens (tertiary/aromatic N) is 6. The lowest BCUT2D eigenvalue weighted by Crippen LogP contribution is -2.08. The van der Waals surface area contributed by atoms with E-state index in [1.165, 1.54) is 34.2 Å². The average Bonchev–Trinajstić information content (AvgIpc) is 3.42. The molecule has 2 aromatic carbocycles. The molecule has 10 nitrogen and oxygen atoms in total. The molecular formula is C19H14N6O4S2. The minimum atomic E-state index is -0.699. The zero-order chi connectivity index (χ0) is 21.8. The van der Waals surface area contributed by atoms with Crippen LogP contribution in [0.2, 0.25) is 0 Å². The second-order valence-corrected chi connectivity index (χ2v) is 8.08. The minimum absolute atomic E-state index is 0.0551. The van der Waals surface area contributed by atoms with Gasteiger partial charge in [0.2, 0.25) is 5.16 Å². The summed E-state index contributed by atoms with van der Waals surface area (Å²) in [6, 6.07) is 13.6. The Labute approximate surface area is 184 Å². The minimum Gasteiger partial charge on any atom is -0.456 e. The Hall–Kier alpha value is -3.64. The number of aromatic nitrogens is 5. The van der Waals surface area contributed by atoms with Crippen LogP contribution in [0.15, 0.2) is 64.0 Å². The van der Waals surface area contributed by atoms with Gasteiger partial charge in [0.1, 0.15) is 11.6 Å². The molecule has 0 fully saturated rings. The summed E-state index contributed by atoms with van der Waals surface area (Å²) in [6.45, 7) is -0.0551. The molecule has 0 radical (unpaired) electrons. The number of ether oxygens (including phenoxy) is 1. The van der Waals surface area contributed by atoms with E-state index in [1.54, 1.807) is 7.05 Å². The van der Waals surface area contributed by atoms with Crippen molar-refractivity contribution < 1.29 is 14.5 Å². The fraction of sp³-hybridized carbons (Fsp3) is 0.105. The molecule has 156 valence electrons. The van der Waals surface area contributed by atoms with Gasteiger partial charge < -0.3 is 4.74 Å². The van der Waals surface area contributed by atoms with Crippen molar-refractivity contribution in [2.75, 3.05) is 0 Å². The van der Waals surface area contributed by atoms with Crippen LogP contribution in [0.3, 0.4) is 0 Å². The number of nitro benzene ring substituents is 1. The lowest BCUT2D eigenvalue weighted by atomic mass is 10.2. The Kier molecular flexibility index (Phi) is 6.00. The van der Waals surface area contributed by atoms with E-state index >= 15 is 0 Å². The number of hydrogen-bond donors (Lipinski definition) is 0. The van der Waals surface area contributed by atoms with Gasteiger partial charge in [-0.2, -0.15) is 0 Å². The number of hydrogen-bond acceptors (Lipinski definition) is 10. The van der Waals surface area contributed by atoms with Gasteiger partial charge in [0.05, 0.1) is 16.2 Å². The van der Waals surface area contributed by atoms with Crippen molar-refractivity contribution in [3.8, 4) is 10.6 Å². The van der Waals surface area contributed by atoms with Crippen LogP contribution in [0.4, 0.5) is 5.69 Å². The molecule has 0 atom stereocenters. The number of benzene rings is 2. The Morgan fingerprint density at radius 3 is 2.77 bits per heavy atom. The molecule has 12 heteroatoms. The second-order valence-electron chi connectivity index (χ2n) is 6.21. The molecule has 0 saturated heterocycles. The number of carbonyl (C=O) groups is 1. The third-order valence-electron chi connectivity index (χ3n) is 4.10. The summed E-state index contributed by atoms with van der Waals surface area (Å²) in [5.41, 5.74) is 1.40. The number of non-ortho nitro benzene ring substituents is 1. The fourth-order valence-corrected chi connectivity index (χ4v) is 4.23. The molecule has 2 heterocycles. The van der Waals surface area contributed by atoms with Crippen LogP contribution in [-0.4, -0.2) is 36.1 Å². The highest BCUT2D eigenvalue weighted by Gasteiger charge is 2.21. The van der Waals surface area contributed by atoms with Gasteiger partial charge in [-0.25, -0.2) is 14.5 Å². The van der Waals surface area contributed by atoms with Gasteiger partial charge in [0.25, 0.3) is 5.69 Å². The first-order chi connectivity index (χ1) is 15.0. The van der Waals surface area contributed by atoms with Crippen LogP contribution in [0, 0.1) is 10.1 Å². The molecular weight excluding hydrogens is 440 g/mol. The summed E-state index contributed by atoms with van der Waals surface area (Å²) < 4.78 is 6.83. The predicted octanol–water partition coefficient (Wildman–Crippen LogP) is 3.75. The van der Waals surface area contributed by atoms with Gasteiger partial charge in [-0.05, 0) is 28.3 Å². The lowest BCUT2D eigenvalue weighted by molar-refractivity contribution is -0.384. The van der Waals surface area contributed by atoms with Crippen molar-refractivity contribution in [3.05, 3.63) is 75.3 Å². The smallest absolute Gasteiger partial charge is 0.339 e. The first-order valence-electron chi connectivity index (χ1n) is 8.87. The molecule has 31 heavy (non-hydrogen) atoms. The first kappa shape index (κ1) is 20.6. The highest BCUT2D eigenvalue weighted by atomic mass is 32.2. The first-order valence-corrected chi connectivity index (χ1v) is 10.6. The maximum absolute atomic E-state index is 12.8. The second kappa shape index (κ2) is 9.02. The van der Waals surface area contributed by atoms with Gasteiger partial charge in [0.15, 0.2) is 0 Å². The largest absolute Gasteiger partial charge is 0.456 e. The van der Waals surface area contributed by atoms with E-state index in [9.17, 15) is 14.9 Å². The summed E-state index contributed by atoms with van der Waals surface area (Å²) in [5.74, 6) is -0.699. The molecule has 0 N–H and O–H groups in total. The zero-order valence-corrected chi connectivity index (χ0v) is 17.7. The van der Waals surface area contributed by atoms with Crippen molar-refractivity contribution in [2.24, 2.45) is 7.05 Å². The van der Waals surface area contributed by atoms with Crippen LogP contribution < -0.4 is 0 Å². The number of carbonyl (C=O) groups excluding carboxylic acids is 1. The van der Waals surface area contributed by atoms with Crippen molar-refractivity contribution >= 4 is 34.8 Å². The molecule has 4 aromatic rings. The topological polar surface area (TPSA) is 126 Å². The molecule has 0 spiro atoms. The average molecular weight is 454 g/mol. The van der Waals surface area contributed by atoms with Crippen LogP contribution >= 0.6 is 23.1 Å². The number of rotatable bonds is 7. The molecule has 0 bridgehead atoms. The van der Waals surface area contributed by atoms with Gasteiger partial charge >= 0.3 is 5.97 Å². The van der Waals surface area contributed by atoms with Crippen molar-refractivity contribution in [1.82, 2.24) is 25.2 Å². The number of nitro groups is 1. The quantitative estimate of drug-likeness (QED) is 0.233. The van der Waals surface area contributed by atoms with E-state index < -0.39 is 10.9 Å². The lowest BCUT2D eigenvalue weighted by Gasteiger charge is -2.08. The Bertz CT molecular complexity index is 1240. The van der Waals surface area contributed by atoms with E-state index in [-0.39, 0.29) is 17.9 Å². The van der Waals surface area contributed by atoms with E-state index in [4.69, 9.17) is 4.74 Å². The van der Waals surface area contributed by atoms with Gasteiger partial charge in [-0.3, -0.25) is 10.1 Å². The van der Waals surface area contributed by atoms with Crippen LogP contribution in [0.1, 0.15) is 16.1 Å². The van der Waals surface area contributed by atoms with E-state index in [0.29, 0.717) is 15.7 Å². The third-order valence-corrected chi connectivity index (χ3v) is 6.14. The third kappa shape index (κ3) is 4.75. The van der Waals surface area contributed by atoms with Gasteiger partial charge in [0, 0.05) is 35.0 Å². The summed E-state index contributed by atoms with van der Waals surface area (Å²) in [5, 5.41) is 25.4. The monoisotopic (exact) mass is 454 g/mol. The van der Waals surface area contributed by atoms with Crippen LogP contribution in [0.5, 0.6) is 0 Å². The normalized spacial score (nSPS) is 10.7. The van der Waals surface area contributed by atoms with Crippen molar-refractivity contribution in [1.29, 1.82) is 0 Å². The zero-order valence-electron chi connectivity index (χ0n) is 16.0. The maximum atomic E-state index is 12.8. The van der Waals surface area contributed by atoms with Crippen LogP contribution in [0.25, 0.3) is 10.6 Å². The van der Waals surface area contributed by atoms with Crippen molar-refractivity contribution in [3.63, 3.8) is 0 Å². The SMILES string of the molecule is Cn1nnnc1Sc1ccc([N+](=O)[O-])cc1C(=O)OCc1csc(-c2ccccc2)n1. The highest BCUT2D eigenvalue weighted by molar-refractivity contribution is 7.99. The number of thiazole rings is 1. The maximum Gasteiger partial charge on any atom is 0.339 e. The molecule has 0 amide bonds. The van der Waals surface area contributed by atoms with Gasteiger partial charge in [-0.15, -0.1) is 16.4 Å². The number of tetrazole rings is 1. The van der Waals surface area contributed by atoms with Gasteiger partial charge in [-0.1, -0.05) is 30.3 Å². The van der Waals surface area contributed by atoms with E-state index in [1.807, 2.05) is 35.7 Å². The fourth-order valence-electron chi connectivity index (χ4n) is 2.59. The van der Waals surface area contributed by atoms with E-state index in [2.05, 4.69) is 20.5 Å². The number of aryl methyl sites for hydroxylation is 1. The molecule has 4 rings (SSSR count). The Morgan fingerprint density at radius 1 is 1.26 bits per heavy atom. The molecule has 0 saturated carbocycles. The van der Waals surface area contributed by atoms with E-state index in [0.717, 1.165) is 22.3 Å². The molecule has 0 aliphatic carbocycles. The van der Waals surface area contributed by atoms with Crippen LogP contribution in [-0.2, 0) is 18.4 Å². The summed E-state index contributed by atoms with van der Waals surface area (Å²) in [7, 11) is 1.65.